The van der Waals surface area contributed by atoms with Gasteiger partial charge in [0.2, 0.25) is 5.95 Å². The Hall–Kier alpha value is -2.41. The third-order valence-corrected chi connectivity index (χ3v) is 5.82. The minimum Gasteiger partial charge on any atom is -0.478 e. The Kier molecular flexibility index (Phi) is 3.57. The third kappa shape index (κ3) is 2.89. The monoisotopic (exact) mass is 356 g/mol. The molecule has 25 heavy (non-hydrogen) atoms. The van der Waals surface area contributed by atoms with Crippen LogP contribution in [0.15, 0.2) is 18.2 Å². The topological polar surface area (TPSA) is 80.0 Å². The standard InChI is InChI=1S/C18H20N4O2S/c1-18(2)7-6-11-14(9-18)25-17(20-11)21-16-19-12-8-10(15(23)24)4-5-13(12)22(16)3/h4-5,8H,6-7,9H2,1-3H3,(H,23,24)(H,19,20,21). The van der Waals surface area contributed by atoms with Crippen LogP contribution in [0.4, 0.5) is 11.1 Å². The van der Waals surface area contributed by atoms with Crippen LogP contribution in [0.25, 0.3) is 11.0 Å². The number of fused-ring (bicyclic) bond motifs is 2. The lowest BCUT2D eigenvalue weighted by molar-refractivity contribution is 0.0697. The van der Waals surface area contributed by atoms with Gasteiger partial charge in [0.25, 0.3) is 0 Å². The van der Waals surface area contributed by atoms with Gasteiger partial charge in [0.1, 0.15) is 0 Å². The van der Waals surface area contributed by atoms with Gasteiger partial charge in [-0.15, -0.1) is 11.3 Å². The van der Waals surface area contributed by atoms with Crippen LogP contribution in [0, 0.1) is 5.41 Å². The van der Waals surface area contributed by atoms with E-state index in [0.29, 0.717) is 16.9 Å². The number of aromatic carboxylic acids is 1. The summed E-state index contributed by atoms with van der Waals surface area (Å²) < 4.78 is 1.92. The van der Waals surface area contributed by atoms with Gasteiger partial charge in [-0.25, -0.2) is 14.8 Å². The van der Waals surface area contributed by atoms with E-state index in [2.05, 4.69) is 24.1 Å². The molecule has 0 spiro atoms. The van der Waals surface area contributed by atoms with Crippen molar-refractivity contribution in [1.82, 2.24) is 14.5 Å². The Morgan fingerprint density at radius 3 is 2.92 bits per heavy atom. The molecule has 2 aromatic heterocycles. The molecule has 0 unspecified atom stereocenters. The molecule has 2 heterocycles. The minimum atomic E-state index is -0.947. The molecule has 4 rings (SSSR count). The average molecular weight is 356 g/mol. The van der Waals surface area contributed by atoms with E-state index in [1.807, 2.05) is 11.6 Å². The molecule has 0 aliphatic heterocycles. The summed E-state index contributed by atoms with van der Waals surface area (Å²) in [6, 6.07) is 4.98. The number of aryl methyl sites for hydroxylation is 2. The molecule has 0 saturated carbocycles. The molecule has 0 saturated heterocycles. The van der Waals surface area contributed by atoms with Crippen LogP contribution in [0.1, 0.15) is 41.2 Å². The van der Waals surface area contributed by atoms with E-state index >= 15 is 0 Å². The van der Waals surface area contributed by atoms with Crippen molar-refractivity contribution in [3.05, 3.63) is 34.3 Å². The summed E-state index contributed by atoms with van der Waals surface area (Å²) in [5.41, 5.74) is 3.31. The summed E-state index contributed by atoms with van der Waals surface area (Å²) in [5.74, 6) is -0.278. The van der Waals surface area contributed by atoms with Gasteiger partial charge in [-0.1, -0.05) is 13.8 Å². The lowest BCUT2D eigenvalue weighted by Gasteiger charge is -2.28. The quantitative estimate of drug-likeness (QED) is 0.742. The van der Waals surface area contributed by atoms with Gasteiger partial charge in [-0.2, -0.15) is 0 Å². The van der Waals surface area contributed by atoms with E-state index in [9.17, 15) is 4.79 Å². The second-order valence-electron chi connectivity index (χ2n) is 7.36. The van der Waals surface area contributed by atoms with Crippen LogP contribution in [0.5, 0.6) is 0 Å². The third-order valence-electron chi connectivity index (χ3n) is 4.80. The molecule has 0 radical (unpaired) electrons. The van der Waals surface area contributed by atoms with Crippen molar-refractivity contribution in [1.29, 1.82) is 0 Å². The molecule has 2 N–H and O–H groups in total. The second-order valence-corrected chi connectivity index (χ2v) is 8.44. The number of carbonyl (C=O) groups is 1. The fourth-order valence-corrected chi connectivity index (χ4v) is 4.55. The fourth-order valence-electron chi connectivity index (χ4n) is 3.29. The van der Waals surface area contributed by atoms with Crippen LogP contribution in [0.3, 0.4) is 0 Å². The summed E-state index contributed by atoms with van der Waals surface area (Å²) in [6.07, 6.45) is 3.24. The lowest BCUT2D eigenvalue weighted by atomic mass is 9.79. The van der Waals surface area contributed by atoms with Gasteiger partial charge >= 0.3 is 5.97 Å². The highest BCUT2D eigenvalue weighted by molar-refractivity contribution is 7.15. The molecular formula is C18H20N4O2S. The Morgan fingerprint density at radius 2 is 2.16 bits per heavy atom. The Balaban J connectivity index is 1.66. The number of carboxylic acid groups (broad SMARTS) is 1. The maximum absolute atomic E-state index is 11.1. The van der Waals surface area contributed by atoms with Crippen molar-refractivity contribution >= 4 is 39.4 Å². The van der Waals surface area contributed by atoms with Crippen molar-refractivity contribution in [2.45, 2.75) is 33.1 Å². The van der Waals surface area contributed by atoms with Crippen molar-refractivity contribution in [3.8, 4) is 0 Å². The van der Waals surface area contributed by atoms with E-state index in [-0.39, 0.29) is 5.56 Å². The molecule has 0 bridgehead atoms. The van der Waals surface area contributed by atoms with E-state index in [1.54, 1.807) is 29.5 Å². The number of carboxylic acids is 1. The first-order valence-electron chi connectivity index (χ1n) is 8.28. The van der Waals surface area contributed by atoms with Gasteiger partial charge in [0, 0.05) is 11.9 Å². The number of rotatable bonds is 3. The molecule has 3 aromatic rings. The number of hydrogen-bond donors (Lipinski definition) is 2. The van der Waals surface area contributed by atoms with Gasteiger partial charge in [0.05, 0.1) is 22.3 Å². The van der Waals surface area contributed by atoms with Crippen molar-refractivity contribution in [2.75, 3.05) is 5.32 Å². The SMILES string of the molecule is Cn1c(Nc2nc3c(s2)CC(C)(C)CC3)nc2cc(C(=O)O)ccc21. The molecule has 1 aliphatic carbocycles. The number of aromatic nitrogens is 3. The van der Waals surface area contributed by atoms with Crippen LogP contribution in [-0.2, 0) is 19.9 Å². The highest BCUT2D eigenvalue weighted by Gasteiger charge is 2.28. The predicted octanol–water partition coefficient (Wildman–Crippen LogP) is 3.99. The zero-order valence-electron chi connectivity index (χ0n) is 14.5. The molecule has 7 heteroatoms. The molecule has 1 aromatic carbocycles. The molecule has 130 valence electrons. The van der Waals surface area contributed by atoms with Crippen molar-refractivity contribution in [2.24, 2.45) is 12.5 Å². The number of nitrogens with zero attached hydrogens (tertiary/aromatic N) is 3. The highest BCUT2D eigenvalue weighted by Crippen LogP contribution is 2.39. The first-order chi connectivity index (χ1) is 11.8. The number of imidazole rings is 1. The Labute approximate surface area is 149 Å². The summed E-state index contributed by atoms with van der Waals surface area (Å²) in [7, 11) is 1.91. The number of anilines is 2. The summed E-state index contributed by atoms with van der Waals surface area (Å²) in [5, 5.41) is 13.3. The first kappa shape index (κ1) is 16.1. The van der Waals surface area contributed by atoms with Crippen LogP contribution in [0.2, 0.25) is 0 Å². The molecule has 0 atom stereocenters. The highest BCUT2D eigenvalue weighted by atomic mass is 32.1. The Morgan fingerprint density at radius 1 is 1.36 bits per heavy atom. The minimum absolute atomic E-state index is 0.240. The maximum atomic E-state index is 11.1. The zero-order chi connectivity index (χ0) is 17.8. The van der Waals surface area contributed by atoms with Gasteiger partial charge in [0.15, 0.2) is 5.13 Å². The van der Waals surface area contributed by atoms with Crippen molar-refractivity contribution < 1.29 is 9.90 Å². The summed E-state index contributed by atoms with van der Waals surface area (Å²) in [6.45, 7) is 4.60. The number of thiazole rings is 1. The predicted molar refractivity (Wildman–Crippen MR) is 98.9 cm³/mol. The number of hydrogen-bond acceptors (Lipinski definition) is 5. The average Bonchev–Trinajstić information content (AvgIpc) is 3.07. The van der Waals surface area contributed by atoms with Gasteiger partial charge in [-0.05, 0) is 42.9 Å². The normalized spacial score (nSPS) is 16.0. The van der Waals surface area contributed by atoms with Crippen LogP contribution < -0.4 is 5.32 Å². The van der Waals surface area contributed by atoms with E-state index in [0.717, 1.165) is 29.9 Å². The maximum Gasteiger partial charge on any atom is 0.335 e. The van der Waals surface area contributed by atoms with E-state index in [1.165, 1.54) is 10.6 Å². The summed E-state index contributed by atoms with van der Waals surface area (Å²) in [4.78, 5) is 21.8. The smallest absolute Gasteiger partial charge is 0.335 e. The Bertz CT molecular complexity index is 987. The number of nitrogens with one attached hydrogen (secondary N) is 1. The fraction of sp³-hybridized carbons (Fsp3) is 0.389. The van der Waals surface area contributed by atoms with E-state index in [4.69, 9.17) is 10.1 Å². The van der Waals surface area contributed by atoms with Crippen LogP contribution >= 0.6 is 11.3 Å². The summed E-state index contributed by atoms with van der Waals surface area (Å²) >= 11 is 1.69. The molecule has 1 aliphatic rings. The van der Waals surface area contributed by atoms with Gasteiger partial charge < -0.3 is 15.0 Å². The first-order valence-corrected chi connectivity index (χ1v) is 9.09. The lowest BCUT2D eigenvalue weighted by Crippen LogP contribution is -2.20. The largest absolute Gasteiger partial charge is 0.478 e. The molecule has 6 nitrogen and oxygen atoms in total. The van der Waals surface area contributed by atoms with E-state index < -0.39 is 5.97 Å². The molecular weight excluding hydrogens is 336 g/mol. The van der Waals surface area contributed by atoms with Gasteiger partial charge in [-0.3, -0.25) is 0 Å². The zero-order valence-corrected chi connectivity index (χ0v) is 15.3. The molecule has 0 amide bonds. The van der Waals surface area contributed by atoms with Crippen molar-refractivity contribution in [3.63, 3.8) is 0 Å². The molecule has 0 fully saturated rings. The van der Waals surface area contributed by atoms with Crippen LogP contribution in [-0.4, -0.2) is 25.6 Å². The second kappa shape index (κ2) is 5.56. The number of benzene rings is 1.